The molecule has 14 heteroatoms. The van der Waals surface area contributed by atoms with Gasteiger partial charge in [0.05, 0.1) is 5.56 Å². The second-order valence-electron chi connectivity index (χ2n) is 5.26. The Labute approximate surface area is 158 Å². The number of carbonyl (C=O) groups is 4. The van der Waals surface area contributed by atoms with E-state index in [1.54, 1.807) is 0 Å². The van der Waals surface area contributed by atoms with Crippen LogP contribution in [0.4, 0.5) is 31.1 Å². The minimum Gasteiger partial charge on any atom is -0.454 e. The number of urea groups is 1. The predicted molar refractivity (Wildman–Crippen MR) is 82.3 cm³/mol. The SMILES string of the molecule is O=C(COC(=O)CNC(=O)c1ccc(C(F)(F)F)cc1)NC(=O)NCC(F)(F)F. The predicted octanol–water partition coefficient (Wildman–Crippen LogP) is 1.37. The molecule has 0 bridgehead atoms. The van der Waals surface area contributed by atoms with Gasteiger partial charge in [-0.25, -0.2) is 4.79 Å². The van der Waals surface area contributed by atoms with E-state index in [1.807, 2.05) is 5.32 Å². The molecular weight excluding hydrogens is 416 g/mol. The van der Waals surface area contributed by atoms with Crippen LogP contribution in [0, 0.1) is 0 Å². The standard InChI is InChI=1S/C15H13F6N3O5/c16-14(17,18)7-23-13(28)24-10(25)6-29-11(26)5-22-12(27)8-1-3-9(4-2-8)15(19,20)21/h1-4H,5-7H2,(H,22,27)(H2,23,24,25,28). The molecule has 0 saturated heterocycles. The number of hydrogen-bond donors (Lipinski definition) is 3. The fourth-order valence-corrected chi connectivity index (χ4v) is 1.65. The molecule has 1 aromatic carbocycles. The van der Waals surface area contributed by atoms with Crippen molar-refractivity contribution in [3.63, 3.8) is 0 Å². The highest BCUT2D eigenvalue weighted by Crippen LogP contribution is 2.29. The molecule has 0 heterocycles. The number of alkyl halides is 6. The van der Waals surface area contributed by atoms with Crippen molar-refractivity contribution in [1.29, 1.82) is 0 Å². The normalized spacial score (nSPS) is 11.4. The lowest BCUT2D eigenvalue weighted by molar-refractivity contribution is -0.147. The number of benzene rings is 1. The molecule has 8 nitrogen and oxygen atoms in total. The van der Waals surface area contributed by atoms with E-state index >= 15 is 0 Å². The van der Waals surface area contributed by atoms with Crippen molar-refractivity contribution in [2.75, 3.05) is 19.7 Å². The molecule has 160 valence electrons. The molecule has 0 aliphatic rings. The molecule has 0 aromatic heterocycles. The maximum Gasteiger partial charge on any atom is 0.416 e. The van der Waals surface area contributed by atoms with Crippen molar-refractivity contribution in [2.24, 2.45) is 0 Å². The quantitative estimate of drug-likeness (QED) is 0.467. The van der Waals surface area contributed by atoms with Gasteiger partial charge in [-0.15, -0.1) is 0 Å². The fraction of sp³-hybridized carbons (Fsp3) is 0.333. The molecule has 0 fully saturated rings. The highest BCUT2D eigenvalue weighted by atomic mass is 19.4. The zero-order valence-corrected chi connectivity index (χ0v) is 14.2. The maximum absolute atomic E-state index is 12.4. The van der Waals surface area contributed by atoms with E-state index < -0.39 is 61.4 Å². The maximum atomic E-state index is 12.4. The van der Waals surface area contributed by atoms with Gasteiger partial charge in [0.15, 0.2) is 6.61 Å². The Hall–Kier alpha value is -3.32. The van der Waals surface area contributed by atoms with Gasteiger partial charge in [0, 0.05) is 5.56 Å². The number of esters is 1. The first-order valence-electron chi connectivity index (χ1n) is 7.53. The summed E-state index contributed by atoms with van der Waals surface area (Å²) < 4.78 is 77.3. The van der Waals surface area contributed by atoms with E-state index in [1.165, 1.54) is 10.6 Å². The van der Waals surface area contributed by atoms with Gasteiger partial charge in [-0.1, -0.05) is 0 Å². The van der Waals surface area contributed by atoms with Crippen LogP contribution in [0.1, 0.15) is 15.9 Å². The summed E-state index contributed by atoms with van der Waals surface area (Å²) in [7, 11) is 0. The average Bonchev–Trinajstić information content (AvgIpc) is 2.61. The monoisotopic (exact) mass is 429 g/mol. The Morgan fingerprint density at radius 1 is 0.897 bits per heavy atom. The van der Waals surface area contributed by atoms with Crippen LogP contribution < -0.4 is 16.0 Å². The van der Waals surface area contributed by atoms with Crippen LogP contribution in [-0.4, -0.2) is 49.7 Å². The van der Waals surface area contributed by atoms with E-state index in [0.717, 1.165) is 12.1 Å². The van der Waals surface area contributed by atoms with Gasteiger partial charge >= 0.3 is 24.4 Å². The van der Waals surface area contributed by atoms with Crippen LogP contribution in [0.5, 0.6) is 0 Å². The number of halogens is 6. The minimum atomic E-state index is -4.68. The van der Waals surface area contributed by atoms with Gasteiger partial charge in [0.2, 0.25) is 0 Å². The van der Waals surface area contributed by atoms with Crippen LogP contribution in [0.2, 0.25) is 0 Å². The molecule has 0 aliphatic heterocycles. The van der Waals surface area contributed by atoms with Crippen LogP contribution in [-0.2, 0) is 20.5 Å². The Kier molecular flexibility index (Phi) is 7.97. The number of imide groups is 1. The largest absolute Gasteiger partial charge is 0.454 e. The highest BCUT2D eigenvalue weighted by Gasteiger charge is 2.30. The van der Waals surface area contributed by atoms with Crippen molar-refractivity contribution in [3.8, 4) is 0 Å². The van der Waals surface area contributed by atoms with Crippen LogP contribution >= 0.6 is 0 Å². The van der Waals surface area contributed by atoms with Gasteiger partial charge in [-0.3, -0.25) is 19.7 Å². The summed E-state index contributed by atoms with van der Waals surface area (Å²) in [6, 6.07) is 1.65. The summed E-state index contributed by atoms with van der Waals surface area (Å²) in [6.45, 7) is -3.45. The zero-order valence-electron chi connectivity index (χ0n) is 14.2. The lowest BCUT2D eigenvalue weighted by Crippen LogP contribution is -2.44. The summed E-state index contributed by atoms with van der Waals surface area (Å²) in [4.78, 5) is 45.4. The van der Waals surface area contributed by atoms with E-state index in [9.17, 15) is 45.5 Å². The third-order valence-electron chi connectivity index (χ3n) is 2.93. The number of carbonyl (C=O) groups excluding carboxylic acids is 4. The lowest BCUT2D eigenvalue weighted by atomic mass is 10.1. The van der Waals surface area contributed by atoms with Crippen molar-refractivity contribution >= 4 is 23.8 Å². The first kappa shape index (κ1) is 23.7. The van der Waals surface area contributed by atoms with Crippen molar-refractivity contribution in [3.05, 3.63) is 35.4 Å². The minimum absolute atomic E-state index is 0.176. The molecular formula is C15H13F6N3O5. The molecule has 1 aromatic rings. The van der Waals surface area contributed by atoms with E-state index in [-0.39, 0.29) is 5.56 Å². The van der Waals surface area contributed by atoms with E-state index in [4.69, 9.17) is 0 Å². The summed E-state index contributed by atoms with van der Waals surface area (Å²) in [5, 5.41) is 4.85. The van der Waals surface area contributed by atoms with E-state index in [0.29, 0.717) is 12.1 Å². The van der Waals surface area contributed by atoms with Gasteiger partial charge in [0.1, 0.15) is 13.1 Å². The summed E-state index contributed by atoms with van der Waals surface area (Å²) in [6.07, 6.45) is -9.26. The van der Waals surface area contributed by atoms with Gasteiger partial charge < -0.3 is 15.4 Å². The molecule has 0 radical (unpaired) electrons. The topological polar surface area (TPSA) is 114 Å². The average molecular weight is 429 g/mol. The van der Waals surface area contributed by atoms with Gasteiger partial charge in [-0.05, 0) is 24.3 Å². The lowest BCUT2D eigenvalue weighted by Gasteiger charge is -2.10. The Balaban J connectivity index is 2.35. The summed E-state index contributed by atoms with van der Waals surface area (Å²) in [5.74, 6) is -3.27. The molecule has 0 atom stereocenters. The number of nitrogens with one attached hydrogen (secondary N) is 3. The van der Waals surface area contributed by atoms with Crippen LogP contribution in [0.3, 0.4) is 0 Å². The second-order valence-corrected chi connectivity index (χ2v) is 5.26. The van der Waals surface area contributed by atoms with Crippen molar-refractivity contribution in [1.82, 2.24) is 16.0 Å². The molecule has 0 aliphatic carbocycles. The third kappa shape index (κ3) is 9.44. The number of hydrogen-bond acceptors (Lipinski definition) is 5. The number of ether oxygens (including phenoxy) is 1. The number of amides is 4. The smallest absolute Gasteiger partial charge is 0.416 e. The molecule has 4 amide bonds. The Morgan fingerprint density at radius 2 is 1.48 bits per heavy atom. The molecule has 0 saturated carbocycles. The Morgan fingerprint density at radius 3 is 2.00 bits per heavy atom. The zero-order chi connectivity index (χ0) is 22.2. The molecule has 3 N–H and O–H groups in total. The van der Waals surface area contributed by atoms with Gasteiger partial charge in [0.25, 0.3) is 11.8 Å². The first-order valence-corrected chi connectivity index (χ1v) is 7.53. The van der Waals surface area contributed by atoms with Crippen molar-refractivity contribution in [2.45, 2.75) is 12.4 Å². The first-order chi connectivity index (χ1) is 13.3. The molecule has 29 heavy (non-hydrogen) atoms. The van der Waals surface area contributed by atoms with Crippen LogP contribution in [0.15, 0.2) is 24.3 Å². The highest BCUT2D eigenvalue weighted by molar-refractivity contribution is 5.97. The number of rotatable bonds is 6. The van der Waals surface area contributed by atoms with Gasteiger partial charge in [-0.2, -0.15) is 26.3 Å². The van der Waals surface area contributed by atoms with Crippen molar-refractivity contribution < 1.29 is 50.3 Å². The Bertz CT molecular complexity index is 761. The molecule has 1 rings (SSSR count). The third-order valence-corrected chi connectivity index (χ3v) is 2.93. The van der Waals surface area contributed by atoms with Crippen LogP contribution in [0.25, 0.3) is 0 Å². The summed E-state index contributed by atoms with van der Waals surface area (Å²) >= 11 is 0. The van der Waals surface area contributed by atoms with E-state index in [2.05, 4.69) is 4.74 Å². The molecule has 0 unspecified atom stereocenters. The molecule has 0 spiro atoms. The second kappa shape index (κ2) is 9.75. The fourth-order valence-electron chi connectivity index (χ4n) is 1.65. The summed E-state index contributed by atoms with van der Waals surface area (Å²) in [5.41, 5.74) is -1.15.